The van der Waals surface area contributed by atoms with Crippen molar-refractivity contribution in [1.82, 2.24) is 0 Å². The van der Waals surface area contributed by atoms with Crippen LogP contribution in [-0.2, 0) is 27.2 Å². The van der Waals surface area contributed by atoms with Crippen LogP contribution in [0.5, 0.6) is 11.5 Å². The summed E-state index contributed by atoms with van der Waals surface area (Å²) in [4.78, 5) is 25.1. The van der Waals surface area contributed by atoms with Crippen molar-refractivity contribution >= 4 is 28.2 Å². The van der Waals surface area contributed by atoms with Crippen molar-refractivity contribution in [2.24, 2.45) is 0 Å². The molecule has 1 aromatic heterocycles. The molecule has 1 heterocycles. The fourth-order valence-electron chi connectivity index (χ4n) is 3.00. The number of carbonyl (C=O) groups is 2. The molecule has 1 aliphatic rings. The Labute approximate surface area is 166 Å². The van der Waals surface area contributed by atoms with Crippen LogP contribution in [0.4, 0.5) is 5.00 Å². The van der Waals surface area contributed by atoms with Crippen molar-refractivity contribution < 1.29 is 23.8 Å². The highest BCUT2D eigenvalue weighted by atomic mass is 32.1. The lowest BCUT2D eigenvalue weighted by Crippen LogP contribution is -2.23. The third-order valence-electron chi connectivity index (χ3n) is 4.31. The minimum atomic E-state index is -0.674. The molecule has 1 N–H and O–H groups in total. The molecule has 1 aromatic carbocycles. The number of nitrogens with zero attached hydrogens (tertiary/aromatic N) is 1. The number of rotatable bonds is 7. The Balaban J connectivity index is 1.50. The summed E-state index contributed by atoms with van der Waals surface area (Å²) in [6.07, 6.45) is 3.94. The van der Waals surface area contributed by atoms with Crippen LogP contribution in [0.3, 0.4) is 0 Å². The maximum Gasteiger partial charge on any atom is 0.344 e. The zero-order valence-corrected chi connectivity index (χ0v) is 16.3. The van der Waals surface area contributed by atoms with E-state index in [9.17, 15) is 14.9 Å². The summed E-state index contributed by atoms with van der Waals surface area (Å²) in [6.45, 7) is -0.786. The molecule has 28 heavy (non-hydrogen) atoms. The number of thiophene rings is 1. The maximum atomic E-state index is 12.1. The predicted octanol–water partition coefficient (Wildman–Crippen LogP) is 3.07. The number of methoxy groups -OCH3 is 1. The standard InChI is InChI=1S/C20H20N2O5S/c1-25-15-7-3-4-8-16(15)26-12-19(24)27-11-18(23)22-20-14(10-21)13-6-2-5-9-17(13)28-20/h3-4,7-8H,2,5-6,9,11-12H2,1H3,(H,22,23). The molecule has 7 nitrogen and oxygen atoms in total. The second-order valence-electron chi connectivity index (χ2n) is 6.18. The monoisotopic (exact) mass is 400 g/mol. The van der Waals surface area contributed by atoms with E-state index in [1.807, 2.05) is 0 Å². The SMILES string of the molecule is COc1ccccc1OCC(=O)OCC(=O)Nc1sc2c(c1C#N)CCCC2. The van der Waals surface area contributed by atoms with Gasteiger partial charge in [-0.15, -0.1) is 11.3 Å². The van der Waals surface area contributed by atoms with Gasteiger partial charge in [0, 0.05) is 4.88 Å². The van der Waals surface area contributed by atoms with E-state index in [1.165, 1.54) is 18.4 Å². The van der Waals surface area contributed by atoms with Gasteiger partial charge in [-0.05, 0) is 43.4 Å². The number of nitriles is 1. The highest BCUT2D eigenvalue weighted by Crippen LogP contribution is 2.37. The summed E-state index contributed by atoms with van der Waals surface area (Å²) < 4.78 is 15.4. The van der Waals surface area contributed by atoms with E-state index in [1.54, 1.807) is 24.3 Å². The Bertz CT molecular complexity index is 916. The Morgan fingerprint density at radius 3 is 2.68 bits per heavy atom. The summed E-state index contributed by atoms with van der Waals surface area (Å²) in [7, 11) is 1.50. The van der Waals surface area contributed by atoms with Crippen molar-refractivity contribution in [2.45, 2.75) is 25.7 Å². The molecule has 0 atom stereocenters. The van der Waals surface area contributed by atoms with Crippen LogP contribution >= 0.6 is 11.3 Å². The predicted molar refractivity (Wildman–Crippen MR) is 104 cm³/mol. The molecule has 1 amide bonds. The van der Waals surface area contributed by atoms with Gasteiger partial charge in [-0.1, -0.05) is 12.1 Å². The van der Waals surface area contributed by atoms with Gasteiger partial charge in [0.15, 0.2) is 24.7 Å². The molecule has 0 radical (unpaired) electrons. The number of amides is 1. The first kappa shape index (κ1) is 19.7. The van der Waals surface area contributed by atoms with E-state index in [4.69, 9.17) is 14.2 Å². The number of anilines is 1. The summed E-state index contributed by atoms with van der Waals surface area (Å²) in [5.74, 6) is -0.249. The molecule has 1 aliphatic carbocycles. The molecular formula is C20H20N2O5S. The smallest absolute Gasteiger partial charge is 0.344 e. The molecule has 0 unspecified atom stereocenters. The average Bonchev–Trinajstić information content (AvgIpc) is 3.07. The van der Waals surface area contributed by atoms with Gasteiger partial charge in [-0.25, -0.2) is 4.79 Å². The Morgan fingerprint density at radius 1 is 1.18 bits per heavy atom. The number of ether oxygens (including phenoxy) is 3. The Hall–Kier alpha value is -3.05. The van der Waals surface area contributed by atoms with Crippen molar-refractivity contribution in [2.75, 3.05) is 25.6 Å². The average molecular weight is 400 g/mol. The summed E-state index contributed by atoms with van der Waals surface area (Å²) >= 11 is 1.43. The lowest BCUT2D eigenvalue weighted by atomic mass is 9.96. The third kappa shape index (κ3) is 4.61. The van der Waals surface area contributed by atoms with Crippen molar-refractivity contribution in [3.05, 3.63) is 40.3 Å². The van der Waals surface area contributed by atoms with Crippen LogP contribution in [-0.4, -0.2) is 32.2 Å². The molecule has 3 rings (SSSR count). The largest absolute Gasteiger partial charge is 0.493 e. The van der Waals surface area contributed by atoms with Gasteiger partial charge in [-0.2, -0.15) is 5.26 Å². The molecule has 8 heteroatoms. The fraction of sp³-hybridized carbons (Fsp3) is 0.350. The lowest BCUT2D eigenvalue weighted by molar-refractivity contribution is -0.149. The minimum Gasteiger partial charge on any atom is -0.493 e. The Morgan fingerprint density at radius 2 is 1.93 bits per heavy atom. The second kappa shape index (κ2) is 9.24. The molecule has 0 saturated carbocycles. The summed E-state index contributed by atoms with van der Waals surface area (Å²) in [5.41, 5.74) is 1.56. The first-order valence-corrected chi connectivity index (χ1v) is 9.70. The van der Waals surface area contributed by atoms with Crippen LogP contribution in [0.2, 0.25) is 0 Å². The van der Waals surface area contributed by atoms with Gasteiger partial charge in [-0.3, -0.25) is 4.79 Å². The number of hydrogen-bond acceptors (Lipinski definition) is 7. The number of benzene rings is 1. The van der Waals surface area contributed by atoms with Crippen LogP contribution in [0.25, 0.3) is 0 Å². The highest BCUT2D eigenvalue weighted by Gasteiger charge is 2.22. The normalized spacial score (nSPS) is 12.4. The highest BCUT2D eigenvalue weighted by molar-refractivity contribution is 7.16. The maximum absolute atomic E-state index is 12.1. The van der Waals surface area contributed by atoms with Gasteiger partial charge < -0.3 is 19.5 Å². The van der Waals surface area contributed by atoms with Crippen molar-refractivity contribution in [3.63, 3.8) is 0 Å². The van der Waals surface area contributed by atoms with Gasteiger partial charge in [0.05, 0.1) is 12.7 Å². The number of para-hydroxylation sites is 2. The molecule has 2 aromatic rings. The molecule has 0 fully saturated rings. The summed E-state index contributed by atoms with van der Waals surface area (Å²) in [5, 5.41) is 12.6. The third-order valence-corrected chi connectivity index (χ3v) is 5.52. The second-order valence-corrected chi connectivity index (χ2v) is 7.28. The number of hydrogen-bond donors (Lipinski definition) is 1. The lowest BCUT2D eigenvalue weighted by Gasteiger charge is -2.10. The Kier molecular flexibility index (Phi) is 6.50. The minimum absolute atomic E-state index is 0.343. The van der Waals surface area contributed by atoms with E-state index in [0.29, 0.717) is 22.1 Å². The molecule has 146 valence electrons. The van der Waals surface area contributed by atoms with Gasteiger partial charge >= 0.3 is 5.97 Å². The number of carbonyl (C=O) groups excluding carboxylic acids is 2. The van der Waals surface area contributed by atoms with Crippen molar-refractivity contribution in [3.8, 4) is 17.6 Å². The number of esters is 1. The van der Waals surface area contributed by atoms with Gasteiger partial charge in [0.1, 0.15) is 11.1 Å². The summed E-state index contributed by atoms with van der Waals surface area (Å²) in [6, 6.07) is 9.09. The first-order valence-electron chi connectivity index (χ1n) is 8.88. The van der Waals surface area contributed by atoms with E-state index in [-0.39, 0.29) is 6.61 Å². The van der Waals surface area contributed by atoms with Crippen molar-refractivity contribution in [1.29, 1.82) is 5.26 Å². The number of aryl methyl sites for hydroxylation is 1. The van der Waals surface area contributed by atoms with E-state index >= 15 is 0 Å². The van der Waals surface area contributed by atoms with Crippen LogP contribution in [0, 0.1) is 11.3 Å². The van der Waals surface area contributed by atoms with E-state index in [2.05, 4.69) is 11.4 Å². The fourth-order valence-corrected chi connectivity index (χ4v) is 4.25. The van der Waals surface area contributed by atoms with Crippen LogP contribution < -0.4 is 14.8 Å². The number of fused-ring (bicyclic) bond motifs is 1. The van der Waals surface area contributed by atoms with Gasteiger partial charge in [0.2, 0.25) is 0 Å². The molecule has 0 spiro atoms. The molecular weight excluding hydrogens is 380 g/mol. The molecule has 0 saturated heterocycles. The van der Waals surface area contributed by atoms with E-state index in [0.717, 1.165) is 36.1 Å². The van der Waals surface area contributed by atoms with E-state index < -0.39 is 18.5 Å². The molecule has 0 bridgehead atoms. The number of nitrogens with one attached hydrogen (secondary N) is 1. The topological polar surface area (TPSA) is 97.7 Å². The first-order chi connectivity index (χ1) is 13.6. The quantitative estimate of drug-likeness (QED) is 0.718. The zero-order chi connectivity index (χ0) is 19.9. The van der Waals surface area contributed by atoms with Crippen LogP contribution in [0.15, 0.2) is 24.3 Å². The van der Waals surface area contributed by atoms with Crippen LogP contribution in [0.1, 0.15) is 28.8 Å². The molecule has 0 aliphatic heterocycles. The zero-order valence-electron chi connectivity index (χ0n) is 15.4. The van der Waals surface area contributed by atoms with Gasteiger partial charge in [0.25, 0.3) is 5.91 Å².